The predicted octanol–water partition coefficient (Wildman–Crippen LogP) is 4.65. The summed E-state index contributed by atoms with van der Waals surface area (Å²) in [5.74, 6) is 0. The van der Waals surface area contributed by atoms with Crippen LogP contribution in [0.4, 0.5) is 0 Å². The monoisotopic (exact) mass is 271 g/mol. The minimum atomic E-state index is 0.412. The molecule has 2 aliphatic carbocycles. The summed E-state index contributed by atoms with van der Waals surface area (Å²) in [5.41, 5.74) is 5.46. The Labute approximate surface area is 124 Å². The van der Waals surface area contributed by atoms with Crippen molar-refractivity contribution >= 4 is 0 Å². The molecular weight excluding hydrogens is 242 g/mol. The van der Waals surface area contributed by atoms with Gasteiger partial charge in [-0.2, -0.15) is 0 Å². The van der Waals surface area contributed by atoms with Gasteiger partial charge in [-0.1, -0.05) is 45.9 Å². The number of rotatable bonds is 3. The fourth-order valence-electron chi connectivity index (χ4n) is 3.98. The first-order chi connectivity index (χ1) is 9.34. The van der Waals surface area contributed by atoms with Crippen LogP contribution < -0.4 is 5.32 Å². The molecule has 0 aliphatic heterocycles. The summed E-state index contributed by atoms with van der Waals surface area (Å²) in [7, 11) is 0. The Kier molecular flexibility index (Phi) is 3.25. The van der Waals surface area contributed by atoms with E-state index in [0.29, 0.717) is 22.9 Å². The molecule has 1 fully saturated rings. The van der Waals surface area contributed by atoms with Crippen LogP contribution in [-0.2, 0) is 12.8 Å². The average molecular weight is 271 g/mol. The second-order valence-electron chi connectivity index (χ2n) is 8.00. The van der Waals surface area contributed by atoms with Crippen molar-refractivity contribution in [3.8, 4) is 0 Å². The second kappa shape index (κ2) is 4.59. The molecule has 0 spiro atoms. The van der Waals surface area contributed by atoms with Crippen molar-refractivity contribution in [3.05, 3.63) is 34.9 Å². The molecule has 1 aromatic rings. The predicted molar refractivity (Wildman–Crippen MR) is 86.0 cm³/mol. The van der Waals surface area contributed by atoms with Gasteiger partial charge in [0, 0.05) is 12.1 Å². The fraction of sp³-hybridized carbons (Fsp3) is 0.684. The van der Waals surface area contributed by atoms with Gasteiger partial charge in [0.25, 0.3) is 0 Å². The van der Waals surface area contributed by atoms with Crippen LogP contribution in [0.1, 0.15) is 70.2 Å². The molecule has 0 bridgehead atoms. The Morgan fingerprint density at radius 3 is 2.20 bits per heavy atom. The van der Waals surface area contributed by atoms with Gasteiger partial charge in [-0.15, -0.1) is 0 Å². The van der Waals surface area contributed by atoms with Gasteiger partial charge in [-0.25, -0.2) is 0 Å². The Hall–Kier alpha value is -0.820. The molecule has 1 nitrogen and oxygen atoms in total. The lowest BCUT2D eigenvalue weighted by atomic mass is 9.89. The van der Waals surface area contributed by atoms with Crippen LogP contribution in [-0.4, -0.2) is 6.04 Å². The molecule has 0 aromatic heterocycles. The van der Waals surface area contributed by atoms with Crippen molar-refractivity contribution in [2.75, 3.05) is 0 Å². The molecule has 1 atom stereocenters. The van der Waals surface area contributed by atoms with E-state index in [1.807, 2.05) is 0 Å². The van der Waals surface area contributed by atoms with Crippen molar-refractivity contribution in [2.24, 2.45) is 10.8 Å². The van der Waals surface area contributed by atoms with Crippen LogP contribution in [0.15, 0.2) is 18.2 Å². The lowest BCUT2D eigenvalue weighted by molar-refractivity contribution is 0.457. The van der Waals surface area contributed by atoms with Crippen molar-refractivity contribution in [2.45, 2.75) is 72.4 Å². The maximum absolute atomic E-state index is 3.86. The first-order valence-corrected chi connectivity index (χ1v) is 8.22. The number of hydrogen-bond acceptors (Lipinski definition) is 1. The molecule has 0 saturated heterocycles. The molecule has 1 unspecified atom stereocenters. The van der Waals surface area contributed by atoms with Gasteiger partial charge in [-0.3, -0.25) is 0 Å². The van der Waals surface area contributed by atoms with Gasteiger partial charge in [0.05, 0.1) is 0 Å². The molecular formula is C19H29N. The molecule has 1 N–H and O–H groups in total. The van der Waals surface area contributed by atoms with Crippen molar-refractivity contribution in [3.63, 3.8) is 0 Å². The summed E-state index contributed by atoms with van der Waals surface area (Å²) in [6, 6.07) is 8.23. The van der Waals surface area contributed by atoms with Gasteiger partial charge in [0.1, 0.15) is 0 Å². The highest BCUT2D eigenvalue weighted by molar-refractivity contribution is 5.35. The third-order valence-electron chi connectivity index (χ3n) is 6.31. The normalized spacial score (nSPS) is 25.1. The highest BCUT2D eigenvalue weighted by Crippen LogP contribution is 2.63. The number of nitrogens with one attached hydrogen (secondary N) is 1. The molecule has 20 heavy (non-hydrogen) atoms. The van der Waals surface area contributed by atoms with Gasteiger partial charge >= 0.3 is 0 Å². The summed E-state index contributed by atoms with van der Waals surface area (Å²) in [6.45, 7) is 11.8. The first-order valence-electron chi connectivity index (χ1n) is 8.22. The molecule has 0 radical (unpaired) electrons. The minimum absolute atomic E-state index is 0.412. The third kappa shape index (κ3) is 2.11. The Morgan fingerprint density at radius 1 is 1.00 bits per heavy atom. The number of fused-ring (bicyclic) bond motifs is 1. The standard InChI is InChI=1S/C19H29N/c1-13(20-17-18(2,3)19(17,4)5)15-11-10-14-8-6-7-9-16(14)12-15/h10-13,17,20H,6-9H2,1-5H3. The van der Waals surface area contributed by atoms with Crippen LogP contribution in [0, 0.1) is 10.8 Å². The van der Waals surface area contributed by atoms with Crippen LogP contribution >= 0.6 is 0 Å². The zero-order valence-electron chi connectivity index (χ0n) is 13.7. The molecule has 0 amide bonds. The van der Waals surface area contributed by atoms with Crippen LogP contribution in [0.5, 0.6) is 0 Å². The van der Waals surface area contributed by atoms with Crippen molar-refractivity contribution < 1.29 is 0 Å². The van der Waals surface area contributed by atoms with E-state index in [9.17, 15) is 0 Å². The second-order valence-corrected chi connectivity index (χ2v) is 8.00. The Bertz CT molecular complexity index is 498. The summed E-state index contributed by atoms with van der Waals surface area (Å²) < 4.78 is 0. The van der Waals surface area contributed by atoms with E-state index in [1.54, 1.807) is 11.1 Å². The summed E-state index contributed by atoms with van der Waals surface area (Å²) in [4.78, 5) is 0. The molecule has 1 aromatic carbocycles. The maximum Gasteiger partial charge on any atom is 0.0294 e. The average Bonchev–Trinajstić information content (AvgIpc) is 2.80. The van der Waals surface area contributed by atoms with Crippen LogP contribution in [0.2, 0.25) is 0 Å². The third-order valence-corrected chi connectivity index (χ3v) is 6.31. The summed E-state index contributed by atoms with van der Waals surface area (Å²) in [6.07, 6.45) is 5.28. The van der Waals surface area contributed by atoms with Gasteiger partial charge in [0.2, 0.25) is 0 Å². The smallest absolute Gasteiger partial charge is 0.0294 e. The molecule has 2 aliphatic rings. The Balaban J connectivity index is 1.74. The molecule has 1 saturated carbocycles. The van der Waals surface area contributed by atoms with E-state index in [-0.39, 0.29) is 0 Å². The van der Waals surface area contributed by atoms with Gasteiger partial charge < -0.3 is 5.32 Å². The first kappa shape index (κ1) is 14.1. The van der Waals surface area contributed by atoms with E-state index >= 15 is 0 Å². The number of hydrogen-bond donors (Lipinski definition) is 1. The highest BCUT2D eigenvalue weighted by Gasteiger charge is 2.64. The van der Waals surface area contributed by atoms with E-state index in [0.717, 1.165) is 0 Å². The number of aryl methyl sites for hydroxylation is 2. The summed E-state index contributed by atoms with van der Waals surface area (Å²) in [5, 5.41) is 3.86. The topological polar surface area (TPSA) is 12.0 Å². The summed E-state index contributed by atoms with van der Waals surface area (Å²) >= 11 is 0. The van der Waals surface area contributed by atoms with Crippen LogP contribution in [0.3, 0.4) is 0 Å². The van der Waals surface area contributed by atoms with Gasteiger partial charge in [-0.05, 0) is 60.1 Å². The van der Waals surface area contributed by atoms with E-state index < -0.39 is 0 Å². The van der Waals surface area contributed by atoms with Crippen LogP contribution in [0.25, 0.3) is 0 Å². The number of benzene rings is 1. The van der Waals surface area contributed by atoms with Crippen molar-refractivity contribution in [1.29, 1.82) is 0 Å². The van der Waals surface area contributed by atoms with Gasteiger partial charge in [0.15, 0.2) is 0 Å². The van der Waals surface area contributed by atoms with Crippen molar-refractivity contribution in [1.82, 2.24) is 5.32 Å². The lowest BCUT2D eigenvalue weighted by Gasteiger charge is -2.21. The fourth-order valence-corrected chi connectivity index (χ4v) is 3.98. The SMILES string of the molecule is CC(NC1C(C)(C)C1(C)C)c1ccc2c(c1)CCCC2. The minimum Gasteiger partial charge on any atom is -0.306 e. The highest BCUT2D eigenvalue weighted by atomic mass is 15.1. The molecule has 110 valence electrons. The largest absolute Gasteiger partial charge is 0.306 e. The van der Waals surface area contributed by atoms with E-state index in [1.165, 1.54) is 31.2 Å². The molecule has 1 heteroatoms. The van der Waals surface area contributed by atoms with E-state index in [4.69, 9.17) is 0 Å². The van der Waals surface area contributed by atoms with E-state index in [2.05, 4.69) is 58.1 Å². The molecule has 0 heterocycles. The Morgan fingerprint density at radius 2 is 1.60 bits per heavy atom. The quantitative estimate of drug-likeness (QED) is 0.843. The lowest BCUT2D eigenvalue weighted by Crippen LogP contribution is -2.26. The zero-order chi connectivity index (χ0) is 14.5. The maximum atomic E-state index is 3.86. The zero-order valence-corrected chi connectivity index (χ0v) is 13.7. The molecule has 3 rings (SSSR count).